The molecular weight excluding hydrogens is 258 g/mol. The van der Waals surface area contributed by atoms with E-state index in [2.05, 4.69) is 15.5 Å². The highest BCUT2D eigenvalue weighted by Gasteiger charge is 2.18. The summed E-state index contributed by atoms with van der Waals surface area (Å²) in [4.78, 5) is 11.8. The predicted octanol–water partition coefficient (Wildman–Crippen LogP) is 2.04. The van der Waals surface area contributed by atoms with Crippen LogP contribution >= 0.6 is 11.6 Å². The number of halogens is 1. The first-order valence-corrected chi connectivity index (χ1v) is 5.51. The number of nitrogens with zero attached hydrogens (tertiary/aromatic N) is 1. The summed E-state index contributed by atoms with van der Waals surface area (Å²) in [5.41, 5.74) is 0.885. The van der Waals surface area contributed by atoms with Crippen LogP contribution in [-0.2, 0) is 0 Å². The van der Waals surface area contributed by atoms with Crippen molar-refractivity contribution in [1.82, 2.24) is 10.2 Å². The average Bonchev–Trinajstić information content (AvgIpc) is 2.98. The Bertz CT molecular complexity index is 598. The van der Waals surface area contributed by atoms with Gasteiger partial charge < -0.3 is 14.8 Å². The molecule has 7 heteroatoms. The van der Waals surface area contributed by atoms with Gasteiger partial charge in [-0.3, -0.25) is 9.89 Å². The van der Waals surface area contributed by atoms with Crippen LogP contribution in [0.5, 0.6) is 11.5 Å². The highest BCUT2D eigenvalue weighted by atomic mass is 35.5. The van der Waals surface area contributed by atoms with Gasteiger partial charge in [0.2, 0.25) is 6.79 Å². The van der Waals surface area contributed by atoms with Gasteiger partial charge >= 0.3 is 0 Å². The molecule has 1 aliphatic rings. The van der Waals surface area contributed by atoms with Crippen LogP contribution in [0.4, 0.5) is 5.69 Å². The number of benzene rings is 1. The van der Waals surface area contributed by atoms with Gasteiger partial charge in [-0.25, -0.2) is 0 Å². The lowest BCUT2D eigenvalue weighted by Gasteiger charge is -2.07. The van der Waals surface area contributed by atoms with Crippen molar-refractivity contribution in [3.05, 3.63) is 35.1 Å². The number of carbonyl (C=O) groups excluding carboxylic acids is 1. The zero-order valence-corrected chi connectivity index (χ0v) is 9.82. The summed E-state index contributed by atoms with van der Waals surface area (Å²) in [5.74, 6) is 0.827. The Labute approximate surface area is 107 Å². The van der Waals surface area contributed by atoms with Crippen molar-refractivity contribution in [2.24, 2.45) is 0 Å². The summed E-state index contributed by atoms with van der Waals surface area (Å²) in [7, 11) is 0. The molecule has 2 aromatic rings. The third-order valence-corrected chi connectivity index (χ3v) is 2.78. The molecule has 0 radical (unpaired) electrons. The molecule has 1 aliphatic heterocycles. The van der Waals surface area contributed by atoms with Gasteiger partial charge in [-0.15, -0.1) is 0 Å². The van der Waals surface area contributed by atoms with Crippen LogP contribution in [0.3, 0.4) is 0 Å². The molecule has 2 N–H and O–H groups in total. The number of carbonyl (C=O) groups is 1. The number of anilines is 1. The summed E-state index contributed by atoms with van der Waals surface area (Å²) >= 11 is 6.04. The fourth-order valence-electron chi connectivity index (χ4n) is 1.58. The Morgan fingerprint density at radius 2 is 2.17 bits per heavy atom. The number of nitrogens with one attached hydrogen (secondary N) is 2. The van der Waals surface area contributed by atoms with Crippen molar-refractivity contribution in [3.8, 4) is 11.5 Å². The molecule has 0 atom stereocenters. The van der Waals surface area contributed by atoms with E-state index in [0.29, 0.717) is 27.8 Å². The van der Waals surface area contributed by atoms with Crippen molar-refractivity contribution in [1.29, 1.82) is 0 Å². The Morgan fingerprint density at radius 3 is 2.89 bits per heavy atom. The molecule has 0 unspecified atom stereocenters. The van der Waals surface area contributed by atoms with Crippen LogP contribution in [0.25, 0.3) is 0 Å². The van der Waals surface area contributed by atoms with Gasteiger partial charge in [-0.1, -0.05) is 11.6 Å². The number of amides is 1. The number of ether oxygens (including phenoxy) is 2. The van der Waals surface area contributed by atoms with E-state index < -0.39 is 0 Å². The maximum Gasteiger partial charge on any atom is 0.258 e. The normalized spacial score (nSPS) is 12.5. The Balaban J connectivity index is 1.87. The third kappa shape index (κ3) is 1.86. The second kappa shape index (κ2) is 4.23. The fraction of sp³-hybridized carbons (Fsp3) is 0.0909. The Morgan fingerprint density at radius 1 is 1.39 bits per heavy atom. The van der Waals surface area contributed by atoms with Gasteiger partial charge in [0.1, 0.15) is 0 Å². The first-order chi connectivity index (χ1) is 8.74. The van der Waals surface area contributed by atoms with Crippen LogP contribution in [0, 0.1) is 0 Å². The minimum Gasteiger partial charge on any atom is -0.454 e. The van der Waals surface area contributed by atoms with E-state index in [1.54, 1.807) is 12.1 Å². The van der Waals surface area contributed by atoms with Crippen molar-refractivity contribution >= 4 is 23.2 Å². The maximum absolute atomic E-state index is 11.8. The molecule has 0 aliphatic carbocycles. The van der Waals surface area contributed by atoms with Gasteiger partial charge in [0, 0.05) is 18.3 Å². The number of aromatic amines is 1. The fourth-order valence-corrected chi connectivity index (χ4v) is 1.78. The molecular formula is C11H8ClN3O3. The van der Waals surface area contributed by atoms with E-state index in [1.807, 2.05) is 0 Å². The van der Waals surface area contributed by atoms with Crippen molar-refractivity contribution in [2.75, 3.05) is 12.1 Å². The van der Waals surface area contributed by atoms with Crippen LogP contribution in [0.15, 0.2) is 24.5 Å². The summed E-state index contributed by atoms with van der Waals surface area (Å²) in [6.07, 6.45) is 2.92. The summed E-state index contributed by atoms with van der Waals surface area (Å²) in [6, 6.07) is 3.23. The molecule has 18 heavy (non-hydrogen) atoms. The standard InChI is InChI=1S/C11H8ClN3O3/c12-7-1-9-10(18-5-17-9)2-8(7)15-11(16)6-3-13-14-4-6/h1-4H,5H2,(H,13,14)(H,15,16). The smallest absolute Gasteiger partial charge is 0.258 e. The molecule has 0 saturated carbocycles. The minimum absolute atomic E-state index is 0.158. The second-order valence-electron chi connectivity index (χ2n) is 3.63. The third-order valence-electron chi connectivity index (χ3n) is 2.47. The lowest BCUT2D eigenvalue weighted by atomic mass is 10.2. The lowest BCUT2D eigenvalue weighted by Crippen LogP contribution is -2.11. The number of aromatic nitrogens is 2. The second-order valence-corrected chi connectivity index (χ2v) is 4.03. The zero-order chi connectivity index (χ0) is 12.5. The van der Waals surface area contributed by atoms with Gasteiger partial charge in [0.25, 0.3) is 5.91 Å². The van der Waals surface area contributed by atoms with E-state index in [4.69, 9.17) is 21.1 Å². The zero-order valence-electron chi connectivity index (χ0n) is 9.07. The van der Waals surface area contributed by atoms with E-state index in [1.165, 1.54) is 12.4 Å². The molecule has 6 nitrogen and oxygen atoms in total. The summed E-state index contributed by atoms with van der Waals surface area (Å²) < 4.78 is 10.4. The largest absolute Gasteiger partial charge is 0.454 e. The first-order valence-electron chi connectivity index (χ1n) is 5.13. The molecule has 0 bridgehead atoms. The summed E-state index contributed by atoms with van der Waals surface area (Å²) in [6.45, 7) is 0.158. The molecule has 0 spiro atoms. The minimum atomic E-state index is -0.301. The topological polar surface area (TPSA) is 76.2 Å². The molecule has 1 aromatic carbocycles. The van der Waals surface area contributed by atoms with E-state index in [0.717, 1.165) is 0 Å². The lowest BCUT2D eigenvalue weighted by molar-refractivity contribution is 0.102. The van der Waals surface area contributed by atoms with E-state index >= 15 is 0 Å². The quantitative estimate of drug-likeness (QED) is 0.871. The van der Waals surface area contributed by atoms with Crippen LogP contribution in [0.2, 0.25) is 5.02 Å². The van der Waals surface area contributed by atoms with Gasteiger partial charge in [0.15, 0.2) is 11.5 Å². The van der Waals surface area contributed by atoms with Crippen molar-refractivity contribution in [3.63, 3.8) is 0 Å². The number of hydrogen-bond donors (Lipinski definition) is 2. The molecule has 92 valence electrons. The van der Waals surface area contributed by atoms with Crippen LogP contribution < -0.4 is 14.8 Å². The molecule has 3 rings (SSSR count). The SMILES string of the molecule is O=C(Nc1cc2c(cc1Cl)OCO2)c1cn[nH]c1. The van der Waals surface area contributed by atoms with Crippen molar-refractivity contribution < 1.29 is 14.3 Å². The molecule has 0 saturated heterocycles. The number of hydrogen-bond acceptors (Lipinski definition) is 4. The summed E-state index contributed by atoms with van der Waals surface area (Å²) in [5, 5.41) is 9.33. The molecule has 1 amide bonds. The number of fused-ring (bicyclic) bond motifs is 1. The Kier molecular flexibility index (Phi) is 2.56. The van der Waals surface area contributed by atoms with Gasteiger partial charge in [0.05, 0.1) is 22.5 Å². The number of H-pyrrole nitrogens is 1. The molecule has 0 fully saturated rings. The van der Waals surface area contributed by atoms with Gasteiger partial charge in [-0.05, 0) is 0 Å². The van der Waals surface area contributed by atoms with E-state index in [-0.39, 0.29) is 12.7 Å². The highest BCUT2D eigenvalue weighted by Crippen LogP contribution is 2.39. The van der Waals surface area contributed by atoms with Crippen LogP contribution in [0.1, 0.15) is 10.4 Å². The highest BCUT2D eigenvalue weighted by molar-refractivity contribution is 6.34. The molecule has 1 aromatic heterocycles. The van der Waals surface area contributed by atoms with E-state index in [9.17, 15) is 4.79 Å². The molecule has 2 heterocycles. The maximum atomic E-state index is 11.8. The number of rotatable bonds is 2. The van der Waals surface area contributed by atoms with Crippen LogP contribution in [-0.4, -0.2) is 22.9 Å². The predicted molar refractivity (Wildman–Crippen MR) is 64.1 cm³/mol. The Hall–Kier alpha value is -2.21. The van der Waals surface area contributed by atoms with Gasteiger partial charge in [-0.2, -0.15) is 5.10 Å². The van der Waals surface area contributed by atoms with Crippen molar-refractivity contribution in [2.45, 2.75) is 0 Å². The average molecular weight is 266 g/mol. The monoisotopic (exact) mass is 265 g/mol. The first kappa shape index (κ1) is 10.9.